The third-order valence-corrected chi connectivity index (χ3v) is 4.16. The molecule has 0 aliphatic heterocycles. The van der Waals surface area contributed by atoms with Crippen molar-refractivity contribution in [3.8, 4) is 11.3 Å². The first-order valence-electron chi connectivity index (χ1n) is 7.96. The third kappa shape index (κ3) is 3.55. The molecule has 0 spiro atoms. The van der Waals surface area contributed by atoms with Crippen LogP contribution in [-0.2, 0) is 0 Å². The maximum Gasteiger partial charge on any atom is 0.0972 e. The fourth-order valence-electron chi connectivity index (χ4n) is 2.62. The highest BCUT2D eigenvalue weighted by Crippen LogP contribution is 2.29. The molecule has 0 N–H and O–H groups in total. The largest absolute Gasteiger partial charge is 0.252 e. The summed E-state index contributed by atoms with van der Waals surface area (Å²) < 4.78 is 0. The van der Waals surface area contributed by atoms with Crippen LogP contribution < -0.4 is 0 Å². The smallest absolute Gasteiger partial charge is 0.0972 e. The van der Waals surface area contributed by atoms with E-state index in [2.05, 4.69) is 17.6 Å². The van der Waals surface area contributed by atoms with Crippen molar-refractivity contribution in [1.29, 1.82) is 0 Å². The maximum absolute atomic E-state index is 6.11. The second-order valence-corrected chi connectivity index (χ2v) is 6.17. The summed E-state index contributed by atoms with van der Waals surface area (Å²) >= 11 is 6.11. The van der Waals surface area contributed by atoms with E-state index in [4.69, 9.17) is 16.6 Å². The van der Waals surface area contributed by atoms with Gasteiger partial charge in [-0.3, -0.25) is 4.98 Å². The topological polar surface area (TPSA) is 25.8 Å². The summed E-state index contributed by atoms with van der Waals surface area (Å²) in [6, 6.07) is 10.1. The Morgan fingerprint density at radius 1 is 1.29 bits per heavy atom. The molecule has 0 bridgehead atoms. The minimum Gasteiger partial charge on any atom is -0.252 e. The van der Waals surface area contributed by atoms with Crippen LogP contribution in [0.2, 0.25) is 0 Å². The molecule has 0 saturated carbocycles. The molecular weight excluding hydrogens is 316 g/mol. The fourth-order valence-corrected chi connectivity index (χ4v) is 2.79. The van der Waals surface area contributed by atoms with Gasteiger partial charge in [0, 0.05) is 5.56 Å². The molecule has 1 aliphatic carbocycles. The van der Waals surface area contributed by atoms with Crippen LogP contribution in [0.3, 0.4) is 0 Å². The number of aromatic nitrogens is 2. The molecule has 0 saturated heterocycles. The van der Waals surface area contributed by atoms with E-state index in [1.807, 2.05) is 61.6 Å². The Labute approximate surface area is 147 Å². The monoisotopic (exact) mass is 334 g/mol. The van der Waals surface area contributed by atoms with Crippen molar-refractivity contribution in [2.24, 2.45) is 0 Å². The van der Waals surface area contributed by atoms with Gasteiger partial charge in [0.25, 0.3) is 0 Å². The number of alkyl halides is 1. The minimum atomic E-state index is 0.0593. The zero-order valence-electron chi connectivity index (χ0n) is 13.6. The second-order valence-electron chi connectivity index (χ2n) is 5.61. The number of benzene rings is 1. The number of hydrogen-bond donors (Lipinski definition) is 0. The Kier molecular flexibility index (Phi) is 5.07. The quantitative estimate of drug-likeness (QED) is 0.530. The van der Waals surface area contributed by atoms with Crippen molar-refractivity contribution in [2.75, 3.05) is 0 Å². The summed E-state index contributed by atoms with van der Waals surface area (Å²) in [5.41, 5.74) is 5.44. The van der Waals surface area contributed by atoms with Gasteiger partial charge < -0.3 is 0 Å². The minimum absolute atomic E-state index is 0.0593. The highest BCUT2D eigenvalue weighted by atomic mass is 35.5. The molecule has 2 aromatic rings. The van der Waals surface area contributed by atoms with Gasteiger partial charge in [0.15, 0.2) is 0 Å². The van der Waals surface area contributed by atoms with Gasteiger partial charge >= 0.3 is 0 Å². The van der Waals surface area contributed by atoms with Crippen molar-refractivity contribution in [2.45, 2.75) is 18.7 Å². The second kappa shape index (κ2) is 7.41. The molecule has 120 valence electrons. The van der Waals surface area contributed by atoms with Gasteiger partial charge in [0.05, 0.1) is 28.7 Å². The molecule has 1 aromatic heterocycles. The van der Waals surface area contributed by atoms with Crippen LogP contribution in [0.4, 0.5) is 0 Å². The number of nitrogens with zero attached hydrogens (tertiary/aromatic N) is 2. The summed E-state index contributed by atoms with van der Waals surface area (Å²) in [5, 5.41) is 0.0593. The summed E-state index contributed by atoms with van der Waals surface area (Å²) in [6.45, 7) is 6.09. The van der Waals surface area contributed by atoms with Crippen LogP contribution in [0.15, 0.2) is 73.5 Å². The summed E-state index contributed by atoms with van der Waals surface area (Å²) in [7, 11) is 0. The Balaban J connectivity index is 2.10. The Morgan fingerprint density at radius 3 is 2.75 bits per heavy atom. The van der Waals surface area contributed by atoms with Crippen LogP contribution in [0.25, 0.3) is 22.4 Å². The molecule has 0 amide bonds. The van der Waals surface area contributed by atoms with Gasteiger partial charge in [-0.25, -0.2) is 4.98 Å². The van der Waals surface area contributed by atoms with Gasteiger partial charge in [-0.05, 0) is 24.5 Å². The zero-order valence-corrected chi connectivity index (χ0v) is 14.4. The van der Waals surface area contributed by atoms with Crippen molar-refractivity contribution >= 4 is 22.7 Å². The van der Waals surface area contributed by atoms with Crippen molar-refractivity contribution in [1.82, 2.24) is 9.97 Å². The Bertz CT molecular complexity index is 832. The first kappa shape index (κ1) is 16.4. The van der Waals surface area contributed by atoms with Crippen LogP contribution in [0.5, 0.6) is 0 Å². The fraction of sp³-hybridized carbons (Fsp3) is 0.143. The molecule has 3 rings (SSSR count). The van der Waals surface area contributed by atoms with Crippen LogP contribution in [0.1, 0.15) is 24.7 Å². The lowest BCUT2D eigenvalue weighted by Gasteiger charge is -2.13. The molecule has 1 atom stereocenters. The first-order chi connectivity index (χ1) is 11.7. The molecule has 24 heavy (non-hydrogen) atoms. The van der Waals surface area contributed by atoms with Gasteiger partial charge in [-0.1, -0.05) is 67.3 Å². The van der Waals surface area contributed by atoms with Gasteiger partial charge in [0.1, 0.15) is 0 Å². The Hall–Kier alpha value is -2.45. The molecule has 2 nitrogen and oxygen atoms in total. The zero-order chi connectivity index (χ0) is 16.9. The van der Waals surface area contributed by atoms with Crippen LogP contribution in [-0.4, -0.2) is 15.3 Å². The standard InChI is InChI=1S/C21H19ClN2/c1-3-7-15(2)20-21(17-8-5-4-6-9-17)24-19(14-23-20)16-10-12-18(22)13-11-16/h3-12,14,18H,2,13H2,1H3/b7-3-. The van der Waals surface area contributed by atoms with E-state index >= 15 is 0 Å². The highest BCUT2D eigenvalue weighted by molar-refractivity contribution is 6.22. The summed E-state index contributed by atoms with van der Waals surface area (Å²) in [6.07, 6.45) is 12.6. The van der Waals surface area contributed by atoms with E-state index in [1.54, 1.807) is 6.20 Å². The van der Waals surface area contributed by atoms with Crippen LogP contribution >= 0.6 is 11.6 Å². The molecule has 3 heteroatoms. The number of hydrogen-bond acceptors (Lipinski definition) is 2. The van der Waals surface area contributed by atoms with Gasteiger partial charge in [0.2, 0.25) is 0 Å². The molecule has 0 radical (unpaired) electrons. The molecule has 0 fully saturated rings. The summed E-state index contributed by atoms with van der Waals surface area (Å²) in [5.74, 6) is 0. The SMILES string of the molecule is C=C(/C=C\C)c1ncc(C2=CCC(Cl)C=C2)nc1-c1ccccc1. The highest BCUT2D eigenvalue weighted by Gasteiger charge is 2.14. The van der Waals surface area contributed by atoms with Crippen LogP contribution in [0, 0.1) is 0 Å². The van der Waals surface area contributed by atoms with Crippen molar-refractivity contribution < 1.29 is 0 Å². The third-order valence-electron chi connectivity index (χ3n) is 3.84. The number of halogens is 1. The van der Waals surface area contributed by atoms with E-state index in [0.29, 0.717) is 0 Å². The lowest BCUT2D eigenvalue weighted by Crippen LogP contribution is -2.02. The normalized spacial score (nSPS) is 17.1. The predicted molar refractivity (Wildman–Crippen MR) is 103 cm³/mol. The lowest BCUT2D eigenvalue weighted by molar-refractivity contribution is 1.04. The average Bonchev–Trinajstić information content (AvgIpc) is 2.63. The first-order valence-corrected chi connectivity index (χ1v) is 8.40. The van der Waals surface area contributed by atoms with Gasteiger partial charge in [-0.15, -0.1) is 11.6 Å². The van der Waals surface area contributed by atoms with E-state index in [0.717, 1.165) is 40.2 Å². The van der Waals surface area contributed by atoms with E-state index in [-0.39, 0.29) is 5.38 Å². The lowest BCUT2D eigenvalue weighted by atomic mass is 10.0. The summed E-state index contributed by atoms with van der Waals surface area (Å²) in [4.78, 5) is 9.52. The molecule has 1 aliphatic rings. The maximum atomic E-state index is 6.11. The predicted octanol–water partition coefficient (Wildman–Crippen LogP) is 5.68. The average molecular weight is 335 g/mol. The van der Waals surface area contributed by atoms with E-state index in [9.17, 15) is 0 Å². The van der Waals surface area contributed by atoms with Crippen molar-refractivity contribution in [3.63, 3.8) is 0 Å². The number of allylic oxidation sites excluding steroid dienone is 7. The molecular formula is C21H19ClN2. The molecule has 1 unspecified atom stereocenters. The van der Waals surface area contributed by atoms with E-state index in [1.165, 1.54) is 0 Å². The number of rotatable bonds is 4. The van der Waals surface area contributed by atoms with Crippen molar-refractivity contribution in [3.05, 3.63) is 84.9 Å². The van der Waals surface area contributed by atoms with Gasteiger partial charge in [-0.2, -0.15) is 0 Å². The Morgan fingerprint density at radius 2 is 2.08 bits per heavy atom. The molecule has 1 heterocycles. The molecule has 1 aromatic carbocycles. The van der Waals surface area contributed by atoms with E-state index < -0.39 is 0 Å².